The topological polar surface area (TPSA) is 91.4 Å². The summed E-state index contributed by atoms with van der Waals surface area (Å²) < 4.78 is 25.4. The number of amides is 2. The predicted molar refractivity (Wildman–Crippen MR) is 104 cm³/mol. The summed E-state index contributed by atoms with van der Waals surface area (Å²) in [7, 11) is -3.28. The van der Waals surface area contributed by atoms with Crippen molar-refractivity contribution in [1.29, 1.82) is 0 Å². The van der Waals surface area contributed by atoms with Gasteiger partial charge in [-0.1, -0.05) is 12.1 Å². The Balaban J connectivity index is 1.66. The lowest BCUT2D eigenvalue weighted by atomic mass is 10.1. The number of aromatic nitrogens is 1. The van der Waals surface area contributed by atoms with Crippen LogP contribution in [0.15, 0.2) is 29.6 Å². The van der Waals surface area contributed by atoms with Crippen molar-refractivity contribution >= 4 is 33.1 Å². The maximum Gasteiger partial charge on any atom is 0.321 e. The van der Waals surface area contributed by atoms with Gasteiger partial charge in [0.15, 0.2) is 0 Å². The molecule has 1 aromatic heterocycles. The van der Waals surface area contributed by atoms with E-state index in [1.54, 1.807) is 16.2 Å². The van der Waals surface area contributed by atoms with E-state index in [0.29, 0.717) is 18.8 Å². The van der Waals surface area contributed by atoms with Crippen LogP contribution in [0.4, 0.5) is 10.5 Å². The summed E-state index contributed by atoms with van der Waals surface area (Å²) in [5.74, 6) is 0. The SMILES string of the molecule is Cc1nc(-c2cccc(NC(=O)N3CCC[C@H](NS(C)(=O)=O)C3)c2)cs1. The number of hydrogen-bond acceptors (Lipinski definition) is 5. The molecule has 1 fully saturated rings. The molecule has 26 heavy (non-hydrogen) atoms. The molecule has 2 N–H and O–H groups in total. The molecule has 2 amide bonds. The van der Waals surface area contributed by atoms with Crippen molar-refractivity contribution in [1.82, 2.24) is 14.6 Å². The summed E-state index contributed by atoms with van der Waals surface area (Å²) in [5.41, 5.74) is 2.53. The Morgan fingerprint density at radius 3 is 2.88 bits per heavy atom. The standard InChI is InChI=1S/C17H22N4O3S2/c1-12-18-16(11-25-12)13-5-3-6-14(9-13)19-17(22)21-8-4-7-15(10-21)20-26(2,23)24/h3,5-6,9,11,15,20H,4,7-8,10H2,1-2H3,(H,19,22)/t15-/m0/s1. The van der Waals surface area contributed by atoms with Crippen molar-refractivity contribution in [3.05, 3.63) is 34.7 Å². The van der Waals surface area contributed by atoms with Gasteiger partial charge in [-0.3, -0.25) is 0 Å². The van der Waals surface area contributed by atoms with Crippen LogP contribution >= 0.6 is 11.3 Å². The summed E-state index contributed by atoms with van der Waals surface area (Å²) >= 11 is 1.58. The highest BCUT2D eigenvalue weighted by Gasteiger charge is 2.25. The van der Waals surface area contributed by atoms with E-state index in [-0.39, 0.29) is 12.1 Å². The average Bonchev–Trinajstić information content (AvgIpc) is 3.00. The largest absolute Gasteiger partial charge is 0.323 e. The molecule has 9 heteroatoms. The summed E-state index contributed by atoms with van der Waals surface area (Å²) in [6.45, 7) is 2.93. The second-order valence-electron chi connectivity index (χ2n) is 6.44. The van der Waals surface area contributed by atoms with Crippen molar-refractivity contribution in [2.45, 2.75) is 25.8 Å². The molecule has 1 aliphatic rings. The van der Waals surface area contributed by atoms with E-state index in [9.17, 15) is 13.2 Å². The lowest BCUT2D eigenvalue weighted by molar-refractivity contribution is 0.190. The Kier molecular flexibility index (Phi) is 5.59. The second kappa shape index (κ2) is 7.73. The van der Waals surface area contributed by atoms with E-state index >= 15 is 0 Å². The van der Waals surface area contributed by atoms with Crippen LogP contribution in [-0.4, -0.2) is 49.7 Å². The fourth-order valence-corrected chi connectivity index (χ4v) is 4.44. The number of sulfonamides is 1. The van der Waals surface area contributed by atoms with Gasteiger partial charge >= 0.3 is 6.03 Å². The van der Waals surface area contributed by atoms with Crippen molar-refractivity contribution < 1.29 is 13.2 Å². The number of carbonyl (C=O) groups excluding carboxylic acids is 1. The smallest absolute Gasteiger partial charge is 0.321 e. The summed E-state index contributed by atoms with van der Waals surface area (Å²) in [5, 5.41) is 5.88. The van der Waals surface area contributed by atoms with Crippen LogP contribution in [-0.2, 0) is 10.0 Å². The monoisotopic (exact) mass is 394 g/mol. The summed E-state index contributed by atoms with van der Waals surface area (Å²) in [4.78, 5) is 18.7. The number of piperidine rings is 1. The Morgan fingerprint density at radius 2 is 2.19 bits per heavy atom. The van der Waals surface area contributed by atoms with Gasteiger partial charge in [-0.25, -0.2) is 22.9 Å². The first-order valence-corrected chi connectivity index (χ1v) is 11.1. The number of rotatable bonds is 4. The third-order valence-electron chi connectivity index (χ3n) is 4.12. The third kappa shape index (κ3) is 5.03. The van der Waals surface area contributed by atoms with Crippen LogP contribution in [0.5, 0.6) is 0 Å². The van der Waals surface area contributed by atoms with Crippen LogP contribution in [0.2, 0.25) is 0 Å². The Bertz CT molecular complexity index is 895. The van der Waals surface area contributed by atoms with Crippen LogP contribution in [0.3, 0.4) is 0 Å². The van der Waals surface area contributed by atoms with Gasteiger partial charge in [0.05, 0.1) is 17.0 Å². The first-order valence-electron chi connectivity index (χ1n) is 8.36. The van der Waals surface area contributed by atoms with Crippen molar-refractivity contribution in [2.24, 2.45) is 0 Å². The number of anilines is 1. The maximum atomic E-state index is 12.6. The molecule has 1 aliphatic heterocycles. The lowest BCUT2D eigenvalue weighted by Gasteiger charge is -2.32. The van der Waals surface area contributed by atoms with E-state index < -0.39 is 10.0 Å². The maximum absolute atomic E-state index is 12.6. The molecule has 0 aliphatic carbocycles. The highest BCUT2D eigenvalue weighted by molar-refractivity contribution is 7.88. The van der Waals surface area contributed by atoms with E-state index in [0.717, 1.165) is 35.4 Å². The van der Waals surface area contributed by atoms with Crippen molar-refractivity contribution in [2.75, 3.05) is 24.7 Å². The molecule has 0 saturated carbocycles. The number of thiazole rings is 1. The van der Waals surface area contributed by atoms with E-state index in [1.165, 1.54) is 0 Å². The number of hydrogen-bond donors (Lipinski definition) is 2. The first-order chi connectivity index (χ1) is 12.3. The van der Waals surface area contributed by atoms with Gasteiger partial charge < -0.3 is 10.2 Å². The van der Waals surface area contributed by atoms with Crippen molar-refractivity contribution in [3.63, 3.8) is 0 Å². The van der Waals surface area contributed by atoms with Gasteiger partial charge in [-0.05, 0) is 31.9 Å². The van der Waals surface area contributed by atoms with Gasteiger partial charge in [0.1, 0.15) is 0 Å². The predicted octanol–water partition coefficient (Wildman–Crippen LogP) is 2.66. The zero-order valence-corrected chi connectivity index (χ0v) is 16.4. The zero-order chi connectivity index (χ0) is 18.7. The van der Waals surface area contributed by atoms with Gasteiger partial charge in [-0.15, -0.1) is 11.3 Å². The fourth-order valence-electron chi connectivity index (χ4n) is 3.02. The molecule has 0 unspecified atom stereocenters. The Morgan fingerprint density at radius 1 is 1.38 bits per heavy atom. The van der Waals surface area contributed by atoms with Crippen LogP contribution in [0.25, 0.3) is 11.3 Å². The van der Waals surface area contributed by atoms with Gasteiger partial charge in [0.2, 0.25) is 10.0 Å². The quantitative estimate of drug-likeness (QED) is 0.834. The molecule has 1 atom stereocenters. The lowest BCUT2D eigenvalue weighted by Crippen LogP contribution is -2.50. The normalized spacial score (nSPS) is 17.9. The highest BCUT2D eigenvalue weighted by atomic mass is 32.2. The van der Waals surface area contributed by atoms with E-state index in [2.05, 4.69) is 15.0 Å². The number of urea groups is 1. The number of nitrogens with one attached hydrogen (secondary N) is 2. The molecule has 140 valence electrons. The van der Waals surface area contributed by atoms with E-state index in [1.807, 2.05) is 36.6 Å². The molecule has 2 aromatic rings. The number of likely N-dealkylation sites (tertiary alicyclic amines) is 1. The molecule has 7 nitrogen and oxygen atoms in total. The highest BCUT2D eigenvalue weighted by Crippen LogP contribution is 2.24. The summed E-state index contributed by atoms with van der Waals surface area (Å²) in [6.07, 6.45) is 2.63. The fraction of sp³-hybridized carbons (Fsp3) is 0.412. The Labute approximate surface area is 157 Å². The van der Waals surface area contributed by atoms with Crippen LogP contribution in [0.1, 0.15) is 17.8 Å². The molecular weight excluding hydrogens is 372 g/mol. The average molecular weight is 395 g/mol. The Hall–Kier alpha value is -1.97. The number of aryl methyl sites for hydroxylation is 1. The number of benzene rings is 1. The second-order valence-corrected chi connectivity index (χ2v) is 9.28. The molecule has 1 aromatic carbocycles. The van der Waals surface area contributed by atoms with Gasteiger partial charge in [0.25, 0.3) is 0 Å². The van der Waals surface area contributed by atoms with Gasteiger partial charge in [-0.2, -0.15) is 0 Å². The molecule has 2 heterocycles. The van der Waals surface area contributed by atoms with Gasteiger partial charge in [0, 0.05) is 35.8 Å². The first kappa shape index (κ1) is 18.8. The molecule has 0 spiro atoms. The van der Waals surface area contributed by atoms with E-state index in [4.69, 9.17) is 0 Å². The van der Waals surface area contributed by atoms with Crippen LogP contribution in [0, 0.1) is 6.92 Å². The minimum atomic E-state index is -3.28. The van der Waals surface area contributed by atoms with Crippen molar-refractivity contribution in [3.8, 4) is 11.3 Å². The minimum Gasteiger partial charge on any atom is -0.323 e. The minimum absolute atomic E-state index is 0.225. The molecule has 0 radical (unpaired) electrons. The molecule has 0 bridgehead atoms. The number of nitrogens with zero attached hydrogens (tertiary/aromatic N) is 2. The summed E-state index contributed by atoms with van der Waals surface area (Å²) in [6, 6.07) is 7.09. The van der Waals surface area contributed by atoms with Crippen LogP contribution < -0.4 is 10.0 Å². The molecule has 3 rings (SSSR count). The molecular formula is C17H22N4O3S2. The molecule has 1 saturated heterocycles. The zero-order valence-electron chi connectivity index (χ0n) is 14.7. The third-order valence-corrected chi connectivity index (χ3v) is 5.65. The number of carbonyl (C=O) groups is 1.